The topological polar surface area (TPSA) is 86.8 Å². The summed E-state index contributed by atoms with van der Waals surface area (Å²) in [5, 5.41) is 9.82. The molecule has 36 heavy (non-hydrogen) atoms. The molecule has 0 unspecified atom stereocenters. The van der Waals surface area contributed by atoms with Gasteiger partial charge < -0.3 is 14.1 Å². The second-order valence-corrected chi connectivity index (χ2v) is 8.99. The van der Waals surface area contributed by atoms with E-state index in [-0.39, 0.29) is 17.4 Å². The Morgan fingerprint density at radius 1 is 1.11 bits per heavy atom. The van der Waals surface area contributed by atoms with Crippen molar-refractivity contribution in [1.29, 1.82) is 5.26 Å². The van der Waals surface area contributed by atoms with Crippen LogP contribution in [0.15, 0.2) is 57.7 Å². The van der Waals surface area contributed by atoms with Crippen LogP contribution in [0.25, 0.3) is 11.0 Å². The van der Waals surface area contributed by atoms with Crippen LogP contribution in [-0.2, 0) is 11.0 Å². The number of ether oxygens (including phenoxy) is 1. The van der Waals surface area contributed by atoms with E-state index in [0.29, 0.717) is 29.7 Å². The number of nitriles is 1. The van der Waals surface area contributed by atoms with Gasteiger partial charge in [-0.2, -0.15) is 18.4 Å². The summed E-state index contributed by atoms with van der Waals surface area (Å²) in [6.45, 7) is 3.89. The van der Waals surface area contributed by atoms with Crippen molar-refractivity contribution in [3.63, 3.8) is 0 Å². The van der Waals surface area contributed by atoms with E-state index in [1.807, 2.05) is 0 Å². The van der Waals surface area contributed by atoms with Gasteiger partial charge >= 0.3 is 11.8 Å². The van der Waals surface area contributed by atoms with Gasteiger partial charge in [-0.05, 0) is 75.0 Å². The Kier molecular flexibility index (Phi) is 6.49. The van der Waals surface area contributed by atoms with Gasteiger partial charge in [0.2, 0.25) is 0 Å². The summed E-state index contributed by atoms with van der Waals surface area (Å²) in [5.41, 5.74) is -2.81. The average molecular weight is 516 g/mol. The van der Waals surface area contributed by atoms with E-state index in [4.69, 9.17) is 26.6 Å². The number of carbonyl (C=O) groups excluding carboxylic acids is 1. The monoisotopic (exact) mass is 515 g/mol. The molecule has 0 atom stereocenters. The quantitative estimate of drug-likeness (QED) is 0.263. The number of anilines is 1. The van der Waals surface area contributed by atoms with Gasteiger partial charge in [-0.1, -0.05) is 0 Å². The maximum atomic E-state index is 13.4. The van der Waals surface area contributed by atoms with Crippen molar-refractivity contribution in [3.05, 3.63) is 70.1 Å². The van der Waals surface area contributed by atoms with Gasteiger partial charge in [-0.15, -0.1) is 0 Å². The van der Waals surface area contributed by atoms with Crippen molar-refractivity contribution < 1.29 is 27.1 Å². The maximum Gasteiger partial charge on any atom is 0.417 e. The van der Waals surface area contributed by atoms with Crippen LogP contribution in [0.5, 0.6) is 5.75 Å². The van der Waals surface area contributed by atoms with Gasteiger partial charge in [0.25, 0.3) is 5.91 Å². The van der Waals surface area contributed by atoms with Gasteiger partial charge in [-0.25, -0.2) is 4.79 Å². The predicted octanol–water partition coefficient (Wildman–Crippen LogP) is 4.86. The standard InChI is InChI=1S/C25H20F3N3O4S/c1-24(2)22(33)31(17-6-4-16(14-29)19(13-17)25(26,27)28)23(36)30(24)10-3-11-34-18-7-8-20-15(12-18)5-9-21(32)35-20/h4-9,12-13H,3,10-11H2,1-2H3. The fraction of sp³-hybridized carbons (Fsp3) is 0.280. The Bertz CT molecular complexity index is 1460. The molecule has 0 saturated carbocycles. The van der Waals surface area contributed by atoms with Crippen molar-refractivity contribution >= 4 is 39.9 Å². The van der Waals surface area contributed by atoms with Crippen LogP contribution in [0.2, 0.25) is 0 Å². The van der Waals surface area contributed by atoms with Gasteiger partial charge in [0.1, 0.15) is 16.9 Å². The molecule has 4 rings (SSSR count). The molecule has 1 amide bonds. The molecule has 1 aliphatic heterocycles. The zero-order chi connectivity index (χ0) is 26.3. The lowest BCUT2D eigenvalue weighted by Gasteiger charge is -2.29. The van der Waals surface area contributed by atoms with Crippen LogP contribution in [0.4, 0.5) is 18.9 Å². The van der Waals surface area contributed by atoms with Gasteiger partial charge in [-0.3, -0.25) is 9.69 Å². The Morgan fingerprint density at radius 2 is 1.86 bits per heavy atom. The number of fused-ring (bicyclic) bond motifs is 1. The highest BCUT2D eigenvalue weighted by molar-refractivity contribution is 7.80. The molecule has 1 saturated heterocycles. The van der Waals surface area contributed by atoms with E-state index >= 15 is 0 Å². The van der Waals surface area contributed by atoms with Gasteiger partial charge in [0, 0.05) is 18.0 Å². The molecule has 186 valence electrons. The third kappa shape index (κ3) is 4.64. The smallest absolute Gasteiger partial charge is 0.417 e. The van der Waals surface area contributed by atoms with Crippen molar-refractivity contribution in [2.24, 2.45) is 0 Å². The number of hydrogen-bond acceptors (Lipinski definition) is 6. The second-order valence-electron chi connectivity index (χ2n) is 8.63. The zero-order valence-electron chi connectivity index (χ0n) is 19.3. The maximum absolute atomic E-state index is 13.4. The third-order valence-corrected chi connectivity index (χ3v) is 6.30. The first-order valence-electron chi connectivity index (χ1n) is 10.9. The Balaban J connectivity index is 1.47. The van der Waals surface area contributed by atoms with Gasteiger partial charge in [0.05, 0.1) is 29.5 Å². The summed E-state index contributed by atoms with van der Waals surface area (Å²) in [7, 11) is 0. The Morgan fingerprint density at radius 3 is 2.56 bits per heavy atom. The fourth-order valence-corrected chi connectivity index (χ4v) is 4.50. The molecule has 3 aromatic rings. The van der Waals surface area contributed by atoms with Crippen LogP contribution >= 0.6 is 12.2 Å². The highest BCUT2D eigenvalue weighted by Gasteiger charge is 2.49. The second kappa shape index (κ2) is 9.28. The van der Waals surface area contributed by atoms with Crippen molar-refractivity contribution in [1.82, 2.24) is 4.90 Å². The molecule has 2 aromatic carbocycles. The Labute approximate surface area is 209 Å². The summed E-state index contributed by atoms with van der Waals surface area (Å²) < 4.78 is 51.2. The number of amides is 1. The number of benzene rings is 2. The van der Waals surface area contributed by atoms with E-state index in [1.165, 1.54) is 18.2 Å². The Hall–Kier alpha value is -3.91. The molecule has 1 fully saturated rings. The molecule has 1 aliphatic rings. The molecule has 7 nitrogen and oxygen atoms in total. The minimum atomic E-state index is -4.76. The molecular weight excluding hydrogens is 495 g/mol. The first kappa shape index (κ1) is 25.2. The summed E-state index contributed by atoms with van der Waals surface area (Å²) in [6, 6.07) is 12.6. The van der Waals surface area contributed by atoms with Crippen LogP contribution in [-0.4, -0.2) is 34.6 Å². The first-order chi connectivity index (χ1) is 16.9. The highest BCUT2D eigenvalue weighted by Crippen LogP contribution is 2.37. The van der Waals surface area contributed by atoms with E-state index in [1.54, 1.807) is 43.0 Å². The summed E-state index contributed by atoms with van der Waals surface area (Å²) in [4.78, 5) is 27.2. The molecule has 0 aliphatic carbocycles. The van der Waals surface area contributed by atoms with Crippen molar-refractivity contribution in [2.45, 2.75) is 32.0 Å². The summed E-state index contributed by atoms with van der Waals surface area (Å²) >= 11 is 5.48. The molecule has 11 heteroatoms. The number of hydrogen-bond donors (Lipinski definition) is 0. The lowest BCUT2D eigenvalue weighted by Crippen LogP contribution is -2.44. The number of carbonyl (C=O) groups is 1. The number of halogens is 3. The van der Waals surface area contributed by atoms with Crippen molar-refractivity contribution in [2.75, 3.05) is 18.1 Å². The minimum Gasteiger partial charge on any atom is -0.494 e. The first-order valence-corrected chi connectivity index (χ1v) is 11.3. The summed E-state index contributed by atoms with van der Waals surface area (Å²) in [6.07, 6.45) is -4.29. The van der Waals surface area contributed by atoms with E-state index in [0.717, 1.165) is 17.0 Å². The van der Waals surface area contributed by atoms with E-state index in [9.17, 15) is 22.8 Å². The van der Waals surface area contributed by atoms with Crippen LogP contribution in [0, 0.1) is 11.3 Å². The fourth-order valence-electron chi connectivity index (χ4n) is 3.99. The highest BCUT2D eigenvalue weighted by atomic mass is 32.1. The zero-order valence-corrected chi connectivity index (χ0v) is 20.1. The number of nitrogens with zero attached hydrogens (tertiary/aromatic N) is 3. The predicted molar refractivity (Wildman–Crippen MR) is 130 cm³/mol. The minimum absolute atomic E-state index is 0.0500. The SMILES string of the molecule is CC1(C)C(=O)N(c2ccc(C#N)c(C(F)(F)F)c2)C(=S)N1CCCOc1ccc2oc(=O)ccc2c1. The largest absolute Gasteiger partial charge is 0.494 e. The molecule has 0 bridgehead atoms. The summed E-state index contributed by atoms with van der Waals surface area (Å²) in [5.74, 6) is 0.0943. The normalized spacial score (nSPS) is 15.4. The lowest BCUT2D eigenvalue weighted by atomic mass is 10.0. The molecule has 1 aromatic heterocycles. The molecule has 0 radical (unpaired) electrons. The van der Waals surface area contributed by atoms with E-state index in [2.05, 4.69) is 0 Å². The number of alkyl halides is 3. The average Bonchev–Trinajstić information content (AvgIpc) is 2.99. The third-order valence-electron chi connectivity index (χ3n) is 5.90. The molecule has 0 spiro atoms. The van der Waals surface area contributed by atoms with Crippen molar-refractivity contribution in [3.8, 4) is 11.8 Å². The number of rotatable bonds is 6. The molecule has 0 N–H and O–H groups in total. The van der Waals surface area contributed by atoms with Gasteiger partial charge in [0.15, 0.2) is 5.11 Å². The van der Waals surface area contributed by atoms with E-state index < -0.39 is 34.4 Å². The number of thiocarbonyl (C=S) groups is 1. The van der Waals surface area contributed by atoms with Crippen LogP contribution in [0.3, 0.4) is 0 Å². The van der Waals surface area contributed by atoms with Crippen LogP contribution in [0.1, 0.15) is 31.4 Å². The molecular formula is C25H20F3N3O4S. The lowest BCUT2D eigenvalue weighted by molar-refractivity contribution is -0.137. The van der Waals surface area contributed by atoms with Crippen LogP contribution < -0.4 is 15.3 Å². The molecule has 2 heterocycles.